The van der Waals surface area contributed by atoms with Crippen LogP contribution in [0.5, 0.6) is 5.75 Å². The van der Waals surface area contributed by atoms with Crippen molar-refractivity contribution in [2.75, 3.05) is 37.3 Å². The molecule has 1 aromatic carbocycles. The maximum absolute atomic E-state index is 13.2. The Kier molecular flexibility index (Phi) is 6.68. The number of alkyl halides is 3. The summed E-state index contributed by atoms with van der Waals surface area (Å²) >= 11 is 0. The van der Waals surface area contributed by atoms with Gasteiger partial charge in [-0.1, -0.05) is 0 Å². The third kappa shape index (κ3) is 5.50. The van der Waals surface area contributed by atoms with Crippen molar-refractivity contribution < 1.29 is 31.1 Å². The van der Waals surface area contributed by atoms with Gasteiger partial charge in [0.1, 0.15) is 11.4 Å². The normalized spacial score (nSPS) is 15.2. The van der Waals surface area contributed by atoms with Crippen molar-refractivity contribution in [1.29, 1.82) is 0 Å². The van der Waals surface area contributed by atoms with Gasteiger partial charge in [-0.25, -0.2) is 13.4 Å². The molecule has 0 bridgehead atoms. The number of anilines is 1. The van der Waals surface area contributed by atoms with Crippen LogP contribution in [0.15, 0.2) is 41.4 Å². The first-order valence-corrected chi connectivity index (χ1v) is 11.8. The van der Waals surface area contributed by atoms with Crippen molar-refractivity contribution in [3.05, 3.63) is 47.8 Å². The molecular formula is C21H24F3N3O4S. The van der Waals surface area contributed by atoms with Crippen LogP contribution in [0.1, 0.15) is 29.9 Å². The summed E-state index contributed by atoms with van der Waals surface area (Å²) in [6.45, 7) is 5.01. The number of piperazine rings is 1. The van der Waals surface area contributed by atoms with Gasteiger partial charge in [0, 0.05) is 32.4 Å². The molecule has 0 radical (unpaired) electrons. The minimum Gasteiger partial charge on any atom is -0.490 e. The summed E-state index contributed by atoms with van der Waals surface area (Å²) < 4.78 is 67.7. The largest absolute Gasteiger partial charge is 0.490 e. The number of hydrogen-bond acceptors (Lipinski definition) is 6. The molecule has 1 aromatic heterocycles. The first-order valence-electron chi connectivity index (χ1n) is 9.94. The van der Waals surface area contributed by atoms with Crippen LogP contribution in [-0.2, 0) is 16.0 Å². The molecule has 32 heavy (non-hydrogen) atoms. The highest BCUT2D eigenvalue weighted by Crippen LogP contribution is 2.29. The number of ether oxygens (including phenoxy) is 1. The Balaban J connectivity index is 1.76. The molecule has 0 spiro atoms. The zero-order valence-electron chi connectivity index (χ0n) is 17.9. The molecule has 1 aliphatic rings. The third-order valence-corrected chi connectivity index (χ3v) is 6.05. The molecule has 1 aliphatic heterocycles. The zero-order valence-corrected chi connectivity index (χ0v) is 18.7. The number of nitrogens with zero attached hydrogens (tertiary/aromatic N) is 3. The average Bonchev–Trinajstić information content (AvgIpc) is 2.72. The second-order valence-electron chi connectivity index (χ2n) is 7.78. The van der Waals surface area contributed by atoms with E-state index in [1.54, 1.807) is 18.7 Å². The Labute approximate surface area is 184 Å². The van der Waals surface area contributed by atoms with Crippen molar-refractivity contribution in [1.82, 2.24) is 9.88 Å². The Bertz CT molecular complexity index is 1080. The van der Waals surface area contributed by atoms with E-state index < -0.39 is 21.7 Å². The average molecular weight is 472 g/mol. The second kappa shape index (κ2) is 8.97. The number of halogens is 3. The topological polar surface area (TPSA) is 79.8 Å². The lowest BCUT2D eigenvalue weighted by atomic mass is 10.1. The smallest absolute Gasteiger partial charge is 0.433 e. The highest BCUT2D eigenvalue weighted by Gasteiger charge is 2.32. The van der Waals surface area contributed by atoms with E-state index in [9.17, 15) is 26.4 Å². The van der Waals surface area contributed by atoms with Crippen LogP contribution in [0.3, 0.4) is 0 Å². The molecular weight excluding hydrogens is 447 g/mol. The van der Waals surface area contributed by atoms with Crippen LogP contribution in [0.4, 0.5) is 18.9 Å². The van der Waals surface area contributed by atoms with Gasteiger partial charge in [0.25, 0.3) is 5.91 Å². The van der Waals surface area contributed by atoms with Gasteiger partial charge in [0.15, 0.2) is 9.84 Å². The highest BCUT2D eigenvalue weighted by atomic mass is 32.2. The molecule has 1 amide bonds. The minimum atomic E-state index is -4.50. The summed E-state index contributed by atoms with van der Waals surface area (Å²) in [5.41, 5.74) is -0.266. The number of aromatic nitrogens is 1. The number of rotatable bonds is 5. The fourth-order valence-electron chi connectivity index (χ4n) is 3.34. The molecule has 2 heterocycles. The molecule has 11 heteroatoms. The maximum atomic E-state index is 13.2. The van der Waals surface area contributed by atoms with Gasteiger partial charge in [0.2, 0.25) is 0 Å². The molecule has 0 N–H and O–H groups in total. The first-order chi connectivity index (χ1) is 14.9. The predicted octanol–water partition coefficient (Wildman–Crippen LogP) is 3.25. The quantitative estimate of drug-likeness (QED) is 0.666. The van der Waals surface area contributed by atoms with Gasteiger partial charge in [0.05, 0.1) is 28.4 Å². The Morgan fingerprint density at radius 1 is 1.09 bits per heavy atom. The summed E-state index contributed by atoms with van der Waals surface area (Å²) in [4.78, 5) is 20.1. The summed E-state index contributed by atoms with van der Waals surface area (Å²) in [6, 6.07) is 6.49. The minimum absolute atomic E-state index is 0.0198. The summed E-state index contributed by atoms with van der Waals surface area (Å²) in [6.07, 6.45) is -2.48. The van der Waals surface area contributed by atoms with E-state index in [4.69, 9.17) is 4.74 Å². The summed E-state index contributed by atoms with van der Waals surface area (Å²) in [7, 11) is -3.52. The van der Waals surface area contributed by atoms with E-state index in [0.29, 0.717) is 37.6 Å². The maximum Gasteiger partial charge on any atom is 0.433 e. The molecule has 1 fully saturated rings. The van der Waals surface area contributed by atoms with Crippen molar-refractivity contribution in [3.8, 4) is 5.75 Å². The number of hydrogen-bond donors (Lipinski definition) is 0. The molecule has 7 nitrogen and oxygen atoms in total. The molecule has 0 atom stereocenters. The molecule has 3 rings (SSSR count). The van der Waals surface area contributed by atoms with E-state index in [2.05, 4.69) is 4.98 Å². The van der Waals surface area contributed by atoms with Crippen molar-refractivity contribution in [3.63, 3.8) is 0 Å². The lowest BCUT2D eigenvalue weighted by Gasteiger charge is -2.36. The van der Waals surface area contributed by atoms with Gasteiger partial charge in [-0.05, 0) is 44.2 Å². The van der Waals surface area contributed by atoms with E-state index in [1.165, 1.54) is 30.5 Å². The molecule has 174 valence electrons. The number of carbonyl (C=O) groups is 1. The molecule has 0 unspecified atom stereocenters. The van der Waals surface area contributed by atoms with Gasteiger partial charge >= 0.3 is 6.18 Å². The molecule has 0 aliphatic carbocycles. The van der Waals surface area contributed by atoms with Crippen LogP contribution in [0.25, 0.3) is 0 Å². The van der Waals surface area contributed by atoms with Gasteiger partial charge in [-0.3, -0.25) is 4.79 Å². The zero-order chi connectivity index (χ0) is 23.7. The van der Waals surface area contributed by atoms with E-state index in [0.717, 1.165) is 12.3 Å². The molecule has 2 aromatic rings. The first kappa shape index (κ1) is 23.8. The Morgan fingerprint density at radius 3 is 2.25 bits per heavy atom. The SMILES string of the molecule is CC(C)Oc1ccc(S(C)(=O)=O)cc1C(=O)N1CCN(c2ccc(C(F)(F)F)nc2)CC1. The Hall–Kier alpha value is -2.82. The van der Waals surface area contributed by atoms with Crippen molar-refractivity contribution in [2.45, 2.75) is 31.0 Å². The van der Waals surface area contributed by atoms with Crippen LogP contribution in [0.2, 0.25) is 0 Å². The summed E-state index contributed by atoms with van der Waals surface area (Å²) in [5.74, 6) is -0.0666. The third-order valence-electron chi connectivity index (χ3n) is 4.94. The van der Waals surface area contributed by atoms with Crippen molar-refractivity contribution in [2.24, 2.45) is 0 Å². The van der Waals surface area contributed by atoms with Gasteiger partial charge in [-0.2, -0.15) is 13.2 Å². The monoisotopic (exact) mass is 471 g/mol. The number of sulfone groups is 1. The fraction of sp³-hybridized carbons (Fsp3) is 0.429. The van der Waals surface area contributed by atoms with Crippen molar-refractivity contribution >= 4 is 21.4 Å². The van der Waals surface area contributed by atoms with Gasteiger partial charge < -0.3 is 14.5 Å². The number of carbonyl (C=O) groups excluding carboxylic acids is 1. The second-order valence-corrected chi connectivity index (χ2v) is 9.79. The number of benzene rings is 1. The predicted molar refractivity (Wildman–Crippen MR) is 113 cm³/mol. The molecule has 0 saturated carbocycles. The van der Waals surface area contributed by atoms with Crippen LogP contribution < -0.4 is 9.64 Å². The lowest BCUT2D eigenvalue weighted by molar-refractivity contribution is -0.141. The van der Waals surface area contributed by atoms with Crippen LogP contribution >= 0.6 is 0 Å². The summed E-state index contributed by atoms with van der Waals surface area (Å²) in [5, 5.41) is 0. The fourth-order valence-corrected chi connectivity index (χ4v) is 3.99. The van der Waals surface area contributed by atoms with E-state index in [-0.39, 0.29) is 22.5 Å². The highest BCUT2D eigenvalue weighted by molar-refractivity contribution is 7.90. The van der Waals surface area contributed by atoms with E-state index >= 15 is 0 Å². The standard InChI is InChI=1S/C21H24F3N3O4S/c1-14(2)31-18-6-5-16(32(3,29)30)12-17(18)20(28)27-10-8-26(9-11-27)15-4-7-19(25-13-15)21(22,23)24/h4-7,12-14H,8-11H2,1-3H3. The van der Waals surface area contributed by atoms with Gasteiger partial charge in [-0.15, -0.1) is 0 Å². The lowest BCUT2D eigenvalue weighted by Crippen LogP contribution is -2.49. The number of amides is 1. The Morgan fingerprint density at radius 2 is 1.75 bits per heavy atom. The molecule has 1 saturated heterocycles. The van der Waals surface area contributed by atoms with Crippen LogP contribution in [0, 0.1) is 0 Å². The number of pyridine rings is 1. The van der Waals surface area contributed by atoms with Crippen LogP contribution in [-0.4, -0.2) is 62.7 Å². The van der Waals surface area contributed by atoms with E-state index in [1.807, 2.05) is 4.90 Å².